The zero-order valence-corrected chi connectivity index (χ0v) is 12.8. The molecule has 0 spiro atoms. The lowest BCUT2D eigenvalue weighted by atomic mass is 9.97. The molecule has 0 saturated heterocycles. The first-order chi connectivity index (χ1) is 9.20. The minimum atomic E-state index is 0.476. The Morgan fingerprint density at radius 1 is 1.16 bits per heavy atom. The summed E-state index contributed by atoms with van der Waals surface area (Å²) in [6.07, 6.45) is 8.32. The molecule has 3 atom stereocenters. The lowest BCUT2D eigenvalue weighted by Crippen LogP contribution is -2.31. The van der Waals surface area contributed by atoms with Gasteiger partial charge in [-0.05, 0) is 50.2 Å². The summed E-state index contributed by atoms with van der Waals surface area (Å²) in [7, 11) is 0. The molecular weight excluding hydrogens is 230 g/mol. The third kappa shape index (κ3) is 4.07. The van der Waals surface area contributed by atoms with Crippen molar-refractivity contribution in [3.05, 3.63) is 35.4 Å². The van der Waals surface area contributed by atoms with Gasteiger partial charge in [-0.25, -0.2) is 0 Å². The fraction of sp³-hybridized carbons (Fsp3) is 0.667. The van der Waals surface area contributed by atoms with E-state index in [4.69, 9.17) is 0 Å². The van der Waals surface area contributed by atoms with Gasteiger partial charge in [0.15, 0.2) is 0 Å². The van der Waals surface area contributed by atoms with E-state index in [2.05, 4.69) is 50.4 Å². The fourth-order valence-electron chi connectivity index (χ4n) is 3.47. The Kier molecular flexibility index (Phi) is 5.45. The van der Waals surface area contributed by atoms with Gasteiger partial charge in [-0.2, -0.15) is 0 Å². The van der Waals surface area contributed by atoms with Crippen LogP contribution in [-0.2, 0) is 0 Å². The topological polar surface area (TPSA) is 12.0 Å². The fourth-order valence-corrected chi connectivity index (χ4v) is 3.47. The molecule has 0 aliphatic heterocycles. The quantitative estimate of drug-likeness (QED) is 0.750. The molecule has 1 aliphatic rings. The molecule has 0 bridgehead atoms. The number of hydrogen-bond acceptors (Lipinski definition) is 1. The summed E-state index contributed by atoms with van der Waals surface area (Å²) in [6.45, 7) is 6.87. The van der Waals surface area contributed by atoms with Crippen molar-refractivity contribution in [3.63, 3.8) is 0 Å². The van der Waals surface area contributed by atoms with E-state index in [1.165, 1.54) is 49.7 Å². The minimum Gasteiger partial charge on any atom is -0.307 e. The van der Waals surface area contributed by atoms with E-state index >= 15 is 0 Å². The van der Waals surface area contributed by atoms with Gasteiger partial charge >= 0.3 is 0 Å². The summed E-state index contributed by atoms with van der Waals surface area (Å²) in [6, 6.07) is 9.95. The van der Waals surface area contributed by atoms with E-state index < -0.39 is 0 Å². The average Bonchev–Trinajstić information content (AvgIpc) is 2.64. The molecule has 1 aliphatic carbocycles. The van der Waals surface area contributed by atoms with Gasteiger partial charge in [-0.1, -0.05) is 50.5 Å². The maximum Gasteiger partial charge on any atom is 0.0296 e. The molecule has 1 fully saturated rings. The van der Waals surface area contributed by atoms with Crippen LogP contribution in [0.4, 0.5) is 0 Å². The van der Waals surface area contributed by atoms with E-state index in [9.17, 15) is 0 Å². The highest BCUT2D eigenvalue weighted by atomic mass is 14.9. The van der Waals surface area contributed by atoms with E-state index in [-0.39, 0.29) is 0 Å². The molecule has 106 valence electrons. The van der Waals surface area contributed by atoms with Crippen LogP contribution in [0.5, 0.6) is 0 Å². The molecular formula is C18H29N. The van der Waals surface area contributed by atoms with Crippen LogP contribution in [0.1, 0.15) is 69.5 Å². The third-order valence-corrected chi connectivity index (χ3v) is 4.81. The molecule has 2 rings (SSSR count). The van der Waals surface area contributed by atoms with Gasteiger partial charge < -0.3 is 5.32 Å². The Labute approximate surface area is 118 Å². The van der Waals surface area contributed by atoms with Crippen LogP contribution >= 0.6 is 0 Å². The van der Waals surface area contributed by atoms with Gasteiger partial charge in [0.2, 0.25) is 0 Å². The van der Waals surface area contributed by atoms with Gasteiger partial charge in [0.1, 0.15) is 0 Å². The summed E-state index contributed by atoms with van der Waals surface area (Å²) in [5.41, 5.74) is 2.86. The van der Waals surface area contributed by atoms with E-state index in [0.29, 0.717) is 12.1 Å². The van der Waals surface area contributed by atoms with Crippen molar-refractivity contribution in [2.45, 2.75) is 71.4 Å². The van der Waals surface area contributed by atoms with Gasteiger partial charge in [-0.15, -0.1) is 0 Å². The van der Waals surface area contributed by atoms with Crippen molar-refractivity contribution in [1.29, 1.82) is 0 Å². The first-order valence-electron chi connectivity index (χ1n) is 8.02. The Bertz CT molecular complexity index is 385. The van der Waals surface area contributed by atoms with Crippen LogP contribution < -0.4 is 5.32 Å². The summed E-state index contributed by atoms with van der Waals surface area (Å²) < 4.78 is 0. The van der Waals surface area contributed by atoms with Gasteiger partial charge in [0, 0.05) is 12.1 Å². The van der Waals surface area contributed by atoms with E-state index in [0.717, 1.165) is 5.92 Å². The summed E-state index contributed by atoms with van der Waals surface area (Å²) in [5, 5.41) is 3.86. The standard InChI is InChI=1S/C18H29N/c1-4-16-9-7-10-17(13-12-16)19-15(3)18-11-6-5-8-14(18)2/h5-6,8,11,15-17,19H,4,7,9-10,12-13H2,1-3H3/t15-,16?,17?/m1/s1. The van der Waals surface area contributed by atoms with Crippen molar-refractivity contribution in [2.75, 3.05) is 0 Å². The summed E-state index contributed by atoms with van der Waals surface area (Å²) >= 11 is 0. The maximum absolute atomic E-state index is 3.86. The second kappa shape index (κ2) is 7.09. The highest BCUT2D eigenvalue weighted by Crippen LogP contribution is 2.27. The average molecular weight is 259 g/mol. The lowest BCUT2D eigenvalue weighted by Gasteiger charge is -2.23. The Balaban J connectivity index is 1.92. The van der Waals surface area contributed by atoms with E-state index in [1.54, 1.807) is 0 Å². The second-order valence-electron chi connectivity index (χ2n) is 6.22. The van der Waals surface area contributed by atoms with Crippen molar-refractivity contribution in [2.24, 2.45) is 5.92 Å². The monoisotopic (exact) mass is 259 g/mol. The Morgan fingerprint density at radius 3 is 2.68 bits per heavy atom. The van der Waals surface area contributed by atoms with Gasteiger partial charge in [-0.3, -0.25) is 0 Å². The smallest absolute Gasteiger partial charge is 0.0296 e. The van der Waals surface area contributed by atoms with Crippen LogP contribution in [0.3, 0.4) is 0 Å². The normalized spacial score (nSPS) is 25.8. The maximum atomic E-state index is 3.86. The SMILES string of the molecule is CCC1CCCC(N[C@H](C)c2ccccc2C)CC1. The molecule has 19 heavy (non-hydrogen) atoms. The van der Waals surface area contributed by atoms with Crippen LogP contribution in [0, 0.1) is 12.8 Å². The molecule has 0 aromatic heterocycles. The van der Waals surface area contributed by atoms with Crippen molar-refractivity contribution < 1.29 is 0 Å². The van der Waals surface area contributed by atoms with Crippen molar-refractivity contribution in [1.82, 2.24) is 5.32 Å². The largest absolute Gasteiger partial charge is 0.307 e. The Morgan fingerprint density at radius 2 is 1.95 bits per heavy atom. The predicted octanol–water partition coefficient (Wildman–Crippen LogP) is 5.00. The van der Waals surface area contributed by atoms with Crippen LogP contribution in [0.25, 0.3) is 0 Å². The van der Waals surface area contributed by atoms with Crippen LogP contribution in [-0.4, -0.2) is 6.04 Å². The summed E-state index contributed by atoms with van der Waals surface area (Å²) in [5.74, 6) is 0.973. The highest BCUT2D eigenvalue weighted by Gasteiger charge is 2.19. The number of benzene rings is 1. The van der Waals surface area contributed by atoms with Gasteiger partial charge in [0.25, 0.3) is 0 Å². The van der Waals surface area contributed by atoms with Crippen LogP contribution in [0.15, 0.2) is 24.3 Å². The predicted molar refractivity (Wildman–Crippen MR) is 83.4 cm³/mol. The Hall–Kier alpha value is -0.820. The zero-order chi connectivity index (χ0) is 13.7. The first-order valence-corrected chi connectivity index (χ1v) is 8.02. The second-order valence-corrected chi connectivity index (χ2v) is 6.22. The minimum absolute atomic E-state index is 0.476. The molecule has 0 radical (unpaired) electrons. The number of hydrogen-bond donors (Lipinski definition) is 1. The molecule has 1 aromatic carbocycles. The molecule has 1 heteroatoms. The molecule has 0 amide bonds. The van der Waals surface area contributed by atoms with Crippen molar-refractivity contribution >= 4 is 0 Å². The number of rotatable bonds is 4. The molecule has 1 nitrogen and oxygen atoms in total. The van der Waals surface area contributed by atoms with E-state index in [1.807, 2.05) is 0 Å². The molecule has 0 heterocycles. The zero-order valence-electron chi connectivity index (χ0n) is 12.8. The molecule has 1 saturated carbocycles. The highest BCUT2D eigenvalue weighted by molar-refractivity contribution is 5.28. The molecule has 2 unspecified atom stereocenters. The first kappa shape index (κ1) is 14.6. The van der Waals surface area contributed by atoms with Gasteiger partial charge in [0.05, 0.1) is 0 Å². The van der Waals surface area contributed by atoms with Crippen LogP contribution in [0.2, 0.25) is 0 Å². The summed E-state index contributed by atoms with van der Waals surface area (Å²) in [4.78, 5) is 0. The van der Waals surface area contributed by atoms with Crippen molar-refractivity contribution in [3.8, 4) is 0 Å². The third-order valence-electron chi connectivity index (χ3n) is 4.81. The number of nitrogens with one attached hydrogen (secondary N) is 1. The molecule has 1 aromatic rings. The lowest BCUT2D eigenvalue weighted by molar-refractivity contribution is 0.399. The number of aryl methyl sites for hydroxylation is 1. The molecule has 1 N–H and O–H groups in total.